The average Bonchev–Trinajstić information content (AvgIpc) is 2.60. The van der Waals surface area contributed by atoms with Crippen LogP contribution >= 0.6 is 0 Å². The van der Waals surface area contributed by atoms with Crippen molar-refractivity contribution in [2.75, 3.05) is 20.3 Å². The van der Waals surface area contributed by atoms with Crippen molar-refractivity contribution in [1.82, 2.24) is 10.3 Å². The highest BCUT2D eigenvalue weighted by molar-refractivity contribution is 5.93. The third-order valence-corrected chi connectivity index (χ3v) is 3.38. The number of rotatable bonds is 8. The maximum Gasteiger partial charge on any atom is 0.252 e. The summed E-state index contributed by atoms with van der Waals surface area (Å²) in [5.74, 6) is 1.40. The van der Waals surface area contributed by atoms with Gasteiger partial charge in [0.25, 0.3) is 5.91 Å². The van der Waals surface area contributed by atoms with Gasteiger partial charge in [-0.05, 0) is 49.6 Å². The maximum atomic E-state index is 11.9. The molecule has 1 heterocycles. The van der Waals surface area contributed by atoms with E-state index in [1.807, 2.05) is 25.1 Å². The van der Waals surface area contributed by atoms with E-state index in [9.17, 15) is 4.79 Å². The minimum Gasteiger partial charge on any atom is -0.493 e. The molecule has 122 valence electrons. The molecule has 1 amide bonds. The van der Waals surface area contributed by atoms with Crippen molar-refractivity contribution in [3.05, 3.63) is 53.9 Å². The molecule has 2 rings (SSSR count). The SMILES string of the molecule is CCOc1cc(CCCNC(=O)c2cccnc2)ccc1OC. The van der Waals surface area contributed by atoms with Crippen molar-refractivity contribution in [2.45, 2.75) is 19.8 Å². The van der Waals surface area contributed by atoms with E-state index < -0.39 is 0 Å². The molecule has 1 aromatic carbocycles. The van der Waals surface area contributed by atoms with Crippen molar-refractivity contribution in [3.8, 4) is 11.5 Å². The highest BCUT2D eigenvalue weighted by Crippen LogP contribution is 2.28. The molecular weight excluding hydrogens is 292 g/mol. The van der Waals surface area contributed by atoms with Crippen LogP contribution in [-0.4, -0.2) is 31.2 Å². The van der Waals surface area contributed by atoms with E-state index in [0.717, 1.165) is 29.9 Å². The van der Waals surface area contributed by atoms with Gasteiger partial charge in [0.2, 0.25) is 0 Å². The van der Waals surface area contributed by atoms with Crippen LogP contribution in [-0.2, 0) is 6.42 Å². The number of carbonyl (C=O) groups is 1. The number of hydrogen-bond acceptors (Lipinski definition) is 4. The Morgan fingerprint density at radius 3 is 2.83 bits per heavy atom. The zero-order valence-electron chi connectivity index (χ0n) is 13.5. The number of aryl methyl sites for hydroxylation is 1. The summed E-state index contributed by atoms with van der Waals surface area (Å²) in [4.78, 5) is 15.8. The normalized spacial score (nSPS) is 10.2. The number of hydrogen-bond donors (Lipinski definition) is 1. The second-order valence-corrected chi connectivity index (χ2v) is 5.02. The summed E-state index contributed by atoms with van der Waals surface area (Å²) in [6, 6.07) is 9.42. The van der Waals surface area contributed by atoms with Crippen LogP contribution in [0.1, 0.15) is 29.3 Å². The van der Waals surface area contributed by atoms with Gasteiger partial charge in [0.15, 0.2) is 11.5 Å². The molecule has 0 aliphatic heterocycles. The molecule has 1 N–H and O–H groups in total. The Bertz CT molecular complexity index is 629. The monoisotopic (exact) mass is 314 g/mol. The molecule has 0 spiro atoms. The molecule has 2 aromatic rings. The number of pyridine rings is 1. The molecule has 0 aliphatic rings. The Hall–Kier alpha value is -2.56. The van der Waals surface area contributed by atoms with Crippen LogP contribution in [0.2, 0.25) is 0 Å². The first kappa shape index (κ1) is 16.8. The van der Waals surface area contributed by atoms with E-state index in [-0.39, 0.29) is 5.91 Å². The van der Waals surface area contributed by atoms with Crippen LogP contribution in [0.25, 0.3) is 0 Å². The third kappa shape index (κ3) is 4.98. The van der Waals surface area contributed by atoms with Crippen molar-refractivity contribution in [2.24, 2.45) is 0 Å². The van der Waals surface area contributed by atoms with Gasteiger partial charge in [-0.2, -0.15) is 0 Å². The van der Waals surface area contributed by atoms with Gasteiger partial charge >= 0.3 is 0 Å². The van der Waals surface area contributed by atoms with E-state index in [2.05, 4.69) is 10.3 Å². The Morgan fingerprint density at radius 1 is 1.26 bits per heavy atom. The Morgan fingerprint density at radius 2 is 2.13 bits per heavy atom. The number of benzene rings is 1. The summed E-state index contributed by atoms with van der Waals surface area (Å²) in [6.45, 7) is 3.16. The fraction of sp³-hybridized carbons (Fsp3) is 0.333. The first-order valence-corrected chi connectivity index (χ1v) is 7.72. The summed E-state index contributed by atoms with van der Waals surface area (Å²) in [7, 11) is 1.63. The second-order valence-electron chi connectivity index (χ2n) is 5.02. The highest BCUT2D eigenvalue weighted by Gasteiger charge is 2.06. The van der Waals surface area contributed by atoms with Gasteiger partial charge in [-0.1, -0.05) is 6.07 Å². The number of nitrogens with zero attached hydrogens (tertiary/aromatic N) is 1. The van der Waals surface area contributed by atoms with E-state index in [1.165, 1.54) is 0 Å². The van der Waals surface area contributed by atoms with Gasteiger partial charge in [0, 0.05) is 18.9 Å². The van der Waals surface area contributed by atoms with Crippen LogP contribution < -0.4 is 14.8 Å². The number of ether oxygens (including phenoxy) is 2. The maximum absolute atomic E-state index is 11.9. The topological polar surface area (TPSA) is 60.5 Å². The zero-order chi connectivity index (χ0) is 16.5. The predicted octanol–water partition coefficient (Wildman–Crippen LogP) is 2.85. The lowest BCUT2D eigenvalue weighted by Crippen LogP contribution is -2.24. The molecule has 5 nitrogen and oxygen atoms in total. The quantitative estimate of drug-likeness (QED) is 0.761. The number of carbonyl (C=O) groups excluding carboxylic acids is 1. The van der Waals surface area contributed by atoms with Gasteiger partial charge < -0.3 is 14.8 Å². The predicted molar refractivity (Wildman–Crippen MR) is 89.1 cm³/mol. The number of nitrogens with one attached hydrogen (secondary N) is 1. The summed E-state index contributed by atoms with van der Waals surface area (Å²) in [6.07, 6.45) is 4.92. The minimum atomic E-state index is -0.0946. The fourth-order valence-corrected chi connectivity index (χ4v) is 2.24. The third-order valence-electron chi connectivity index (χ3n) is 3.38. The lowest BCUT2D eigenvalue weighted by molar-refractivity contribution is 0.0953. The van der Waals surface area contributed by atoms with Crippen molar-refractivity contribution >= 4 is 5.91 Å². The summed E-state index contributed by atoms with van der Waals surface area (Å²) in [5.41, 5.74) is 1.74. The molecule has 0 saturated heterocycles. The van der Waals surface area contributed by atoms with E-state index in [0.29, 0.717) is 18.7 Å². The summed E-state index contributed by atoms with van der Waals surface area (Å²) >= 11 is 0. The molecule has 23 heavy (non-hydrogen) atoms. The van der Waals surface area contributed by atoms with E-state index in [4.69, 9.17) is 9.47 Å². The first-order valence-electron chi connectivity index (χ1n) is 7.72. The largest absolute Gasteiger partial charge is 0.493 e. The lowest BCUT2D eigenvalue weighted by atomic mass is 10.1. The van der Waals surface area contributed by atoms with Crippen LogP contribution in [0.4, 0.5) is 0 Å². The molecule has 0 fully saturated rings. The smallest absolute Gasteiger partial charge is 0.252 e. The van der Waals surface area contributed by atoms with Crippen LogP contribution in [0, 0.1) is 0 Å². The number of aromatic nitrogens is 1. The standard InChI is InChI=1S/C18H22N2O3/c1-3-23-17-12-14(8-9-16(17)22-2)6-4-11-20-18(21)15-7-5-10-19-13-15/h5,7-10,12-13H,3-4,6,11H2,1-2H3,(H,20,21). The molecular formula is C18H22N2O3. The van der Waals surface area contributed by atoms with Gasteiger partial charge in [0.05, 0.1) is 19.3 Å². The molecule has 0 atom stereocenters. The Balaban J connectivity index is 1.82. The summed E-state index contributed by atoms with van der Waals surface area (Å²) < 4.78 is 10.8. The molecule has 5 heteroatoms. The van der Waals surface area contributed by atoms with Crippen LogP contribution in [0.3, 0.4) is 0 Å². The summed E-state index contributed by atoms with van der Waals surface area (Å²) in [5, 5.41) is 2.90. The number of amides is 1. The molecule has 0 bridgehead atoms. The van der Waals surface area contributed by atoms with Crippen molar-refractivity contribution in [3.63, 3.8) is 0 Å². The lowest BCUT2D eigenvalue weighted by Gasteiger charge is -2.11. The molecule has 0 radical (unpaired) electrons. The average molecular weight is 314 g/mol. The van der Waals surface area contributed by atoms with Gasteiger partial charge in [-0.15, -0.1) is 0 Å². The van der Waals surface area contributed by atoms with Crippen LogP contribution in [0.15, 0.2) is 42.7 Å². The molecule has 0 saturated carbocycles. The Labute approximate surface area is 136 Å². The highest BCUT2D eigenvalue weighted by atomic mass is 16.5. The van der Waals surface area contributed by atoms with Crippen LogP contribution in [0.5, 0.6) is 11.5 Å². The fourth-order valence-electron chi connectivity index (χ4n) is 2.24. The zero-order valence-corrected chi connectivity index (χ0v) is 13.5. The Kier molecular flexibility index (Phi) is 6.41. The molecule has 0 unspecified atom stereocenters. The van der Waals surface area contributed by atoms with Gasteiger partial charge in [-0.3, -0.25) is 9.78 Å². The molecule has 0 aliphatic carbocycles. The van der Waals surface area contributed by atoms with Crippen molar-refractivity contribution in [1.29, 1.82) is 0 Å². The first-order chi connectivity index (χ1) is 11.2. The number of methoxy groups -OCH3 is 1. The van der Waals surface area contributed by atoms with E-state index >= 15 is 0 Å². The minimum absolute atomic E-state index is 0.0946. The van der Waals surface area contributed by atoms with Gasteiger partial charge in [-0.25, -0.2) is 0 Å². The van der Waals surface area contributed by atoms with Crippen molar-refractivity contribution < 1.29 is 14.3 Å². The molecule has 1 aromatic heterocycles. The second kappa shape index (κ2) is 8.78. The van der Waals surface area contributed by atoms with Gasteiger partial charge in [0.1, 0.15) is 0 Å². The van der Waals surface area contributed by atoms with E-state index in [1.54, 1.807) is 31.6 Å².